The molecule has 1 aromatic carbocycles. The monoisotopic (exact) mass is 289 g/mol. The minimum atomic E-state index is -0.192. The van der Waals surface area contributed by atoms with Gasteiger partial charge in [-0.3, -0.25) is 4.79 Å². The Morgan fingerprint density at radius 2 is 2.00 bits per heavy atom. The summed E-state index contributed by atoms with van der Waals surface area (Å²) in [6.07, 6.45) is 4.89. The smallest absolute Gasteiger partial charge is 0.249 e. The molecule has 2 aromatic rings. The molecule has 2 rings (SSSR count). The zero-order chi connectivity index (χ0) is 14.5. The van der Waals surface area contributed by atoms with Crippen molar-refractivity contribution < 1.29 is 4.79 Å². The van der Waals surface area contributed by atoms with Crippen LogP contribution < -0.4 is 5.32 Å². The number of benzene rings is 1. The molecule has 0 aliphatic rings. The lowest BCUT2D eigenvalue weighted by Crippen LogP contribution is -2.14. The molecule has 0 saturated carbocycles. The van der Waals surface area contributed by atoms with Gasteiger partial charge in [0.05, 0.1) is 6.20 Å². The van der Waals surface area contributed by atoms with E-state index < -0.39 is 0 Å². The largest absolute Gasteiger partial charge is 0.307 e. The molecule has 0 radical (unpaired) electrons. The maximum atomic E-state index is 11.9. The second-order valence-corrected chi connectivity index (χ2v) is 5.07. The molecule has 0 fully saturated rings. The first-order valence-electron chi connectivity index (χ1n) is 6.34. The molecule has 0 atom stereocenters. The molecular formula is C15H16ClN3O. The Bertz CT molecular complexity index is 614. The highest BCUT2D eigenvalue weighted by molar-refractivity contribution is 6.30. The quantitative estimate of drug-likeness (QED) is 0.871. The fourth-order valence-corrected chi connectivity index (χ4v) is 1.86. The summed E-state index contributed by atoms with van der Waals surface area (Å²) in [4.78, 5) is 11.9. The molecule has 4 nitrogen and oxygen atoms in total. The topological polar surface area (TPSA) is 46.9 Å². The van der Waals surface area contributed by atoms with Crippen molar-refractivity contribution in [1.29, 1.82) is 0 Å². The Labute approximate surface area is 123 Å². The van der Waals surface area contributed by atoms with E-state index in [1.165, 1.54) is 6.08 Å². The van der Waals surface area contributed by atoms with Crippen LogP contribution in [0.15, 0.2) is 42.6 Å². The zero-order valence-corrected chi connectivity index (χ0v) is 12.1. The summed E-state index contributed by atoms with van der Waals surface area (Å²) < 4.78 is 1.76. The summed E-state index contributed by atoms with van der Waals surface area (Å²) in [6.45, 7) is 4.01. The van der Waals surface area contributed by atoms with E-state index in [0.29, 0.717) is 10.8 Å². The molecule has 104 valence electrons. The van der Waals surface area contributed by atoms with E-state index in [0.717, 1.165) is 5.56 Å². The Kier molecular flexibility index (Phi) is 4.58. The third-order valence-electron chi connectivity index (χ3n) is 2.71. The lowest BCUT2D eigenvalue weighted by molar-refractivity contribution is -0.111. The third kappa shape index (κ3) is 3.71. The number of nitrogens with one attached hydrogen (secondary N) is 1. The van der Waals surface area contributed by atoms with E-state index in [1.807, 2.05) is 26.0 Å². The molecule has 1 heterocycles. The van der Waals surface area contributed by atoms with Crippen molar-refractivity contribution in [2.24, 2.45) is 0 Å². The molecule has 1 aromatic heterocycles. The van der Waals surface area contributed by atoms with Crippen LogP contribution >= 0.6 is 11.6 Å². The number of rotatable bonds is 4. The molecular weight excluding hydrogens is 274 g/mol. The van der Waals surface area contributed by atoms with Gasteiger partial charge in [0.15, 0.2) is 0 Å². The van der Waals surface area contributed by atoms with Crippen LogP contribution in [-0.4, -0.2) is 15.7 Å². The minimum absolute atomic E-state index is 0.192. The normalized spacial score (nSPS) is 11.2. The number of nitrogens with zero attached hydrogens (tertiary/aromatic N) is 2. The number of anilines is 1. The van der Waals surface area contributed by atoms with Crippen LogP contribution in [0, 0.1) is 0 Å². The minimum Gasteiger partial charge on any atom is -0.307 e. The van der Waals surface area contributed by atoms with E-state index in [4.69, 9.17) is 11.6 Å². The molecule has 0 bridgehead atoms. The summed E-state index contributed by atoms with van der Waals surface area (Å²) in [5.41, 5.74) is 0.918. The lowest BCUT2D eigenvalue weighted by Gasteiger charge is -2.10. The van der Waals surface area contributed by atoms with Gasteiger partial charge in [0.2, 0.25) is 5.91 Å². The van der Waals surface area contributed by atoms with Crippen molar-refractivity contribution in [1.82, 2.24) is 9.78 Å². The predicted octanol–water partition coefficient (Wildman–Crippen LogP) is 3.77. The number of carbonyl (C=O) groups excluding carboxylic acids is 1. The maximum absolute atomic E-state index is 11.9. The summed E-state index contributed by atoms with van der Waals surface area (Å²) in [5.74, 6) is 0.494. The maximum Gasteiger partial charge on any atom is 0.249 e. The van der Waals surface area contributed by atoms with Crippen molar-refractivity contribution >= 4 is 29.4 Å². The fourth-order valence-electron chi connectivity index (χ4n) is 1.74. The first kappa shape index (κ1) is 14.3. The highest BCUT2D eigenvalue weighted by Gasteiger charge is 2.07. The number of halogens is 1. The van der Waals surface area contributed by atoms with Crippen molar-refractivity contribution in [3.05, 3.63) is 53.2 Å². The molecule has 1 N–H and O–H groups in total. The van der Waals surface area contributed by atoms with Crippen LogP contribution in [0.2, 0.25) is 5.02 Å². The van der Waals surface area contributed by atoms with Crippen molar-refractivity contribution in [2.45, 2.75) is 19.9 Å². The SMILES string of the molecule is CC(C)n1nccc1NC(=O)C=Cc1ccc(Cl)cc1. The van der Waals surface area contributed by atoms with E-state index >= 15 is 0 Å². The van der Waals surface area contributed by atoms with Gasteiger partial charge in [-0.2, -0.15) is 5.10 Å². The molecule has 1 amide bonds. The summed E-state index contributed by atoms with van der Waals surface area (Å²) in [7, 11) is 0. The Balaban J connectivity index is 2.02. The lowest BCUT2D eigenvalue weighted by atomic mass is 10.2. The highest BCUT2D eigenvalue weighted by atomic mass is 35.5. The summed E-state index contributed by atoms with van der Waals surface area (Å²) in [6, 6.07) is 9.24. The first-order chi connectivity index (χ1) is 9.56. The zero-order valence-electron chi connectivity index (χ0n) is 11.4. The number of hydrogen-bond acceptors (Lipinski definition) is 2. The molecule has 20 heavy (non-hydrogen) atoms. The van der Waals surface area contributed by atoms with Crippen LogP contribution in [0.25, 0.3) is 6.08 Å². The number of aromatic nitrogens is 2. The molecule has 0 spiro atoms. The average Bonchev–Trinajstić information content (AvgIpc) is 2.86. The number of carbonyl (C=O) groups is 1. The fraction of sp³-hybridized carbons (Fsp3) is 0.200. The Morgan fingerprint density at radius 3 is 2.65 bits per heavy atom. The van der Waals surface area contributed by atoms with Crippen molar-refractivity contribution in [2.75, 3.05) is 5.32 Å². The standard InChI is InChI=1S/C15H16ClN3O/c1-11(2)19-14(9-10-17-19)18-15(20)8-5-12-3-6-13(16)7-4-12/h3-11H,1-2H3,(H,18,20). The molecule has 0 aliphatic heterocycles. The van der Waals surface area contributed by atoms with E-state index in [9.17, 15) is 4.79 Å². The Hall–Kier alpha value is -2.07. The second-order valence-electron chi connectivity index (χ2n) is 4.63. The van der Waals surface area contributed by atoms with E-state index in [-0.39, 0.29) is 11.9 Å². The van der Waals surface area contributed by atoms with Gasteiger partial charge in [-0.15, -0.1) is 0 Å². The van der Waals surface area contributed by atoms with Crippen LogP contribution in [0.1, 0.15) is 25.5 Å². The molecule has 0 unspecified atom stereocenters. The van der Waals surface area contributed by atoms with Gasteiger partial charge in [-0.05, 0) is 37.6 Å². The van der Waals surface area contributed by atoms with Crippen LogP contribution in [0.4, 0.5) is 5.82 Å². The van der Waals surface area contributed by atoms with Gasteiger partial charge >= 0.3 is 0 Å². The van der Waals surface area contributed by atoms with Gasteiger partial charge < -0.3 is 5.32 Å². The van der Waals surface area contributed by atoms with Crippen molar-refractivity contribution in [3.8, 4) is 0 Å². The summed E-state index contributed by atoms with van der Waals surface area (Å²) in [5, 5.41) is 7.64. The first-order valence-corrected chi connectivity index (χ1v) is 6.72. The van der Waals surface area contributed by atoms with Gasteiger partial charge in [-0.25, -0.2) is 4.68 Å². The number of amides is 1. The van der Waals surface area contributed by atoms with E-state index in [1.54, 1.807) is 35.2 Å². The molecule has 5 heteroatoms. The summed E-state index contributed by atoms with van der Waals surface area (Å²) >= 11 is 5.80. The highest BCUT2D eigenvalue weighted by Crippen LogP contribution is 2.13. The van der Waals surface area contributed by atoms with Gasteiger partial charge in [0.25, 0.3) is 0 Å². The molecule has 0 aliphatic carbocycles. The van der Waals surface area contributed by atoms with Crippen LogP contribution in [0.3, 0.4) is 0 Å². The van der Waals surface area contributed by atoms with Gasteiger partial charge in [0, 0.05) is 23.2 Å². The van der Waals surface area contributed by atoms with Crippen LogP contribution in [0.5, 0.6) is 0 Å². The average molecular weight is 290 g/mol. The van der Waals surface area contributed by atoms with Crippen LogP contribution in [-0.2, 0) is 4.79 Å². The molecule has 0 saturated heterocycles. The third-order valence-corrected chi connectivity index (χ3v) is 2.96. The number of hydrogen-bond donors (Lipinski definition) is 1. The Morgan fingerprint density at radius 1 is 1.30 bits per heavy atom. The van der Waals surface area contributed by atoms with E-state index in [2.05, 4.69) is 10.4 Å². The van der Waals surface area contributed by atoms with Crippen molar-refractivity contribution in [3.63, 3.8) is 0 Å². The van der Waals surface area contributed by atoms with Gasteiger partial charge in [-0.1, -0.05) is 23.7 Å². The van der Waals surface area contributed by atoms with Gasteiger partial charge in [0.1, 0.15) is 5.82 Å². The predicted molar refractivity (Wildman–Crippen MR) is 81.7 cm³/mol. The second kappa shape index (κ2) is 6.39.